The van der Waals surface area contributed by atoms with E-state index in [0.717, 1.165) is 0 Å². The highest BCUT2D eigenvalue weighted by Crippen LogP contribution is 2.21. The van der Waals surface area contributed by atoms with Crippen LogP contribution in [0.25, 0.3) is 0 Å². The fourth-order valence-electron chi connectivity index (χ4n) is 2.00. The largest absolute Gasteiger partial charge is 0.368 e. The van der Waals surface area contributed by atoms with Crippen LogP contribution in [0.15, 0.2) is 12.1 Å². The van der Waals surface area contributed by atoms with E-state index >= 15 is 0 Å². The van der Waals surface area contributed by atoms with Gasteiger partial charge in [0.25, 0.3) is 0 Å². The first-order chi connectivity index (χ1) is 7.82. The van der Waals surface area contributed by atoms with Gasteiger partial charge in [0.05, 0.1) is 6.04 Å². The maximum atomic E-state index is 11.0. The molecule has 3 nitrogen and oxygen atoms in total. The molecule has 0 radical (unpaired) electrons. The van der Waals surface area contributed by atoms with Gasteiger partial charge in [0.1, 0.15) is 0 Å². The molecule has 1 aromatic carbocycles. The van der Waals surface area contributed by atoms with E-state index in [0.29, 0.717) is 0 Å². The second-order valence-electron chi connectivity index (χ2n) is 4.81. The number of amides is 1. The van der Waals surface area contributed by atoms with Crippen LogP contribution in [0, 0.1) is 20.8 Å². The molecule has 1 amide bonds. The van der Waals surface area contributed by atoms with Gasteiger partial charge in [-0.1, -0.05) is 12.1 Å². The van der Waals surface area contributed by atoms with E-state index in [2.05, 4.69) is 45.1 Å². The minimum Gasteiger partial charge on any atom is -0.368 e. The highest BCUT2D eigenvalue weighted by Gasteiger charge is 2.15. The smallest absolute Gasteiger partial charge is 0.234 e. The topological polar surface area (TPSA) is 55.1 Å². The summed E-state index contributed by atoms with van der Waals surface area (Å²) in [6.45, 7) is 10.1. The molecule has 0 aliphatic rings. The van der Waals surface area contributed by atoms with E-state index < -0.39 is 0 Å². The molecular formula is C14H22N2O. The molecule has 17 heavy (non-hydrogen) atoms. The zero-order valence-electron chi connectivity index (χ0n) is 11.3. The Bertz CT molecular complexity index is 426. The van der Waals surface area contributed by atoms with Crippen LogP contribution in [-0.2, 0) is 4.79 Å². The van der Waals surface area contributed by atoms with Crippen molar-refractivity contribution in [3.63, 3.8) is 0 Å². The lowest BCUT2D eigenvalue weighted by molar-refractivity contribution is -0.119. The Labute approximate surface area is 103 Å². The molecule has 0 aliphatic carbocycles. The summed E-state index contributed by atoms with van der Waals surface area (Å²) >= 11 is 0. The standard InChI is InChI=1S/C14H22N2O/c1-8-6-10(3)13(7-9(8)2)11(4)16-12(5)14(15)17/h6-7,11-12,16H,1-5H3,(H2,15,17). The summed E-state index contributed by atoms with van der Waals surface area (Å²) in [5, 5.41) is 3.21. The van der Waals surface area contributed by atoms with E-state index in [1.165, 1.54) is 22.3 Å². The number of carbonyl (C=O) groups excluding carboxylic acids is 1. The number of benzene rings is 1. The number of aryl methyl sites for hydroxylation is 3. The number of rotatable bonds is 4. The molecule has 0 saturated heterocycles. The normalized spacial score (nSPS) is 14.4. The Balaban J connectivity index is 2.92. The van der Waals surface area contributed by atoms with Crippen LogP contribution in [0.5, 0.6) is 0 Å². The van der Waals surface area contributed by atoms with Gasteiger partial charge in [-0.3, -0.25) is 10.1 Å². The van der Waals surface area contributed by atoms with Gasteiger partial charge in [0, 0.05) is 6.04 Å². The van der Waals surface area contributed by atoms with Gasteiger partial charge < -0.3 is 5.73 Å². The maximum Gasteiger partial charge on any atom is 0.234 e. The third-order valence-corrected chi connectivity index (χ3v) is 3.28. The second kappa shape index (κ2) is 5.32. The minimum absolute atomic E-state index is 0.122. The molecule has 1 rings (SSSR count). The second-order valence-corrected chi connectivity index (χ2v) is 4.81. The van der Waals surface area contributed by atoms with Gasteiger partial charge in [-0.05, 0) is 56.9 Å². The molecule has 0 aromatic heterocycles. The van der Waals surface area contributed by atoms with Crippen molar-refractivity contribution in [3.8, 4) is 0 Å². The molecule has 0 heterocycles. The molecule has 94 valence electrons. The summed E-state index contributed by atoms with van der Waals surface area (Å²) in [4.78, 5) is 11.0. The van der Waals surface area contributed by atoms with Crippen molar-refractivity contribution in [3.05, 3.63) is 34.4 Å². The van der Waals surface area contributed by atoms with Crippen LogP contribution in [0.3, 0.4) is 0 Å². The van der Waals surface area contributed by atoms with E-state index in [-0.39, 0.29) is 18.0 Å². The number of hydrogen-bond donors (Lipinski definition) is 2. The predicted molar refractivity (Wildman–Crippen MR) is 70.9 cm³/mol. The monoisotopic (exact) mass is 234 g/mol. The summed E-state index contributed by atoms with van der Waals surface area (Å²) in [6.07, 6.45) is 0. The maximum absolute atomic E-state index is 11.0. The number of nitrogens with one attached hydrogen (secondary N) is 1. The molecule has 0 spiro atoms. The number of carbonyl (C=O) groups is 1. The number of hydrogen-bond acceptors (Lipinski definition) is 2. The third kappa shape index (κ3) is 3.30. The highest BCUT2D eigenvalue weighted by molar-refractivity contribution is 5.79. The minimum atomic E-state index is -0.321. The summed E-state index contributed by atoms with van der Waals surface area (Å²) in [5.74, 6) is -0.321. The van der Waals surface area contributed by atoms with Crippen LogP contribution in [0.4, 0.5) is 0 Å². The Kier molecular flexibility index (Phi) is 4.29. The number of primary amides is 1. The van der Waals surface area contributed by atoms with Crippen LogP contribution in [-0.4, -0.2) is 11.9 Å². The van der Waals surface area contributed by atoms with Crippen molar-refractivity contribution >= 4 is 5.91 Å². The van der Waals surface area contributed by atoms with Gasteiger partial charge >= 0.3 is 0 Å². The van der Waals surface area contributed by atoms with E-state index in [4.69, 9.17) is 5.73 Å². The Morgan fingerprint density at radius 1 is 1.12 bits per heavy atom. The van der Waals surface area contributed by atoms with Crippen molar-refractivity contribution in [2.75, 3.05) is 0 Å². The van der Waals surface area contributed by atoms with Crippen LogP contribution >= 0.6 is 0 Å². The van der Waals surface area contributed by atoms with E-state index in [1.807, 2.05) is 0 Å². The molecule has 3 heteroatoms. The highest BCUT2D eigenvalue weighted by atomic mass is 16.1. The molecule has 3 N–H and O–H groups in total. The molecule has 0 fully saturated rings. The zero-order valence-corrected chi connectivity index (χ0v) is 11.3. The average Bonchev–Trinajstić information content (AvgIpc) is 2.22. The van der Waals surface area contributed by atoms with Gasteiger partial charge in [-0.25, -0.2) is 0 Å². The van der Waals surface area contributed by atoms with E-state index in [9.17, 15) is 4.79 Å². The Morgan fingerprint density at radius 3 is 2.18 bits per heavy atom. The summed E-state index contributed by atoms with van der Waals surface area (Å²) < 4.78 is 0. The van der Waals surface area contributed by atoms with Crippen LogP contribution < -0.4 is 11.1 Å². The molecular weight excluding hydrogens is 212 g/mol. The van der Waals surface area contributed by atoms with Crippen molar-refractivity contribution in [1.29, 1.82) is 0 Å². The SMILES string of the molecule is Cc1cc(C)c(C(C)NC(C)C(N)=O)cc1C. The lowest BCUT2D eigenvalue weighted by Gasteiger charge is -2.21. The molecule has 0 saturated carbocycles. The van der Waals surface area contributed by atoms with Crippen LogP contribution in [0.2, 0.25) is 0 Å². The van der Waals surface area contributed by atoms with Gasteiger partial charge in [-0.15, -0.1) is 0 Å². The fourth-order valence-corrected chi connectivity index (χ4v) is 2.00. The third-order valence-electron chi connectivity index (χ3n) is 3.28. The molecule has 2 unspecified atom stereocenters. The first-order valence-corrected chi connectivity index (χ1v) is 5.96. The first kappa shape index (κ1) is 13.7. The van der Waals surface area contributed by atoms with Crippen LogP contribution in [0.1, 0.15) is 42.1 Å². The summed E-state index contributed by atoms with van der Waals surface area (Å²) in [7, 11) is 0. The average molecular weight is 234 g/mol. The Morgan fingerprint density at radius 2 is 1.65 bits per heavy atom. The van der Waals surface area contributed by atoms with Crippen molar-refractivity contribution < 1.29 is 4.79 Å². The molecule has 0 bridgehead atoms. The van der Waals surface area contributed by atoms with E-state index in [1.54, 1.807) is 6.92 Å². The zero-order chi connectivity index (χ0) is 13.2. The molecule has 2 atom stereocenters. The van der Waals surface area contributed by atoms with Crippen molar-refractivity contribution in [1.82, 2.24) is 5.32 Å². The molecule has 1 aromatic rings. The lowest BCUT2D eigenvalue weighted by atomic mass is 9.96. The van der Waals surface area contributed by atoms with Gasteiger partial charge in [0.2, 0.25) is 5.91 Å². The van der Waals surface area contributed by atoms with Crippen molar-refractivity contribution in [2.24, 2.45) is 5.73 Å². The quantitative estimate of drug-likeness (QED) is 0.838. The number of nitrogens with two attached hydrogens (primary N) is 1. The van der Waals surface area contributed by atoms with Crippen molar-refractivity contribution in [2.45, 2.75) is 46.7 Å². The summed E-state index contributed by atoms with van der Waals surface area (Å²) in [5.41, 5.74) is 10.3. The van der Waals surface area contributed by atoms with Gasteiger partial charge in [-0.2, -0.15) is 0 Å². The summed E-state index contributed by atoms with van der Waals surface area (Å²) in [6, 6.07) is 4.16. The lowest BCUT2D eigenvalue weighted by Crippen LogP contribution is -2.40. The fraction of sp³-hybridized carbons (Fsp3) is 0.500. The first-order valence-electron chi connectivity index (χ1n) is 5.96. The Hall–Kier alpha value is -1.35. The van der Waals surface area contributed by atoms with Gasteiger partial charge in [0.15, 0.2) is 0 Å². The predicted octanol–water partition coefficient (Wildman–Crippen LogP) is 2.14. The molecule has 0 aliphatic heterocycles.